The Labute approximate surface area is 263 Å². The molecule has 0 saturated heterocycles. The van der Waals surface area contributed by atoms with E-state index in [4.69, 9.17) is 0 Å². The van der Waals surface area contributed by atoms with Crippen molar-refractivity contribution < 1.29 is 42.1 Å². The van der Waals surface area contributed by atoms with Gasteiger partial charge in [-0.1, -0.05) is 0 Å². The molecule has 4 heteroatoms. The molecule has 0 amide bonds. The van der Waals surface area contributed by atoms with Crippen molar-refractivity contribution >= 4 is 24.3 Å². The monoisotopic (exact) mass is 686 g/mol. The average molecular weight is 689 g/mol. The minimum Gasteiger partial charge on any atom is -1.00 e. The zero-order valence-corrected chi connectivity index (χ0v) is 30.0. The smallest absolute Gasteiger partial charge is 1.00 e. The van der Waals surface area contributed by atoms with Crippen LogP contribution in [0.25, 0.3) is 0 Å². The molecule has 0 nitrogen and oxygen atoms in total. The summed E-state index contributed by atoms with van der Waals surface area (Å²) < 4.78 is 9.04. The van der Waals surface area contributed by atoms with Crippen LogP contribution in [0.15, 0.2) is 159 Å². The molecule has 6 rings (SSSR count). The molecule has 1 aliphatic rings. The maximum absolute atomic E-state index is 5.92. The molecule has 0 spiro atoms. The molecule has 42 heavy (non-hydrogen) atoms. The van der Waals surface area contributed by atoms with Crippen molar-refractivity contribution in [3.8, 4) is 0 Å². The molecule has 1 atom stereocenters. The first-order valence-corrected chi connectivity index (χ1v) is 22.8. The molecule has 214 valence electrons. The topological polar surface area (TPSA) is 0 Å². The Bertz CT molecular complexity index is 1580. The van der Waals surface area contributed by atoms with E-state index in [-0.39, 0.29) is 30.2 Å². The Morgan fingerprint density at radius 2 is 0.833 bits per heavy atom. The molecule has 0 saturated carbocycles. The molecule has 0 aliphatic heterocycles. The van der Waals surface area contributed by atoms with Crippen LogP contribution in [0.4, 0.5) is 0 Å². The maximum atomic E-state index is 2.51. The van der Waals surface area contributed by atoms with E-state index in [1.165, 1.54) is 29.8 Å². The Kier molecular flexibility index (Phi) is 8.72. The number of allylic oxidation sites excluding steroid dienone is 4. The summed E-state index contributed by atoms with van der Waals surface area (Å²) in [7, 11) is 0.590. The number of halogens is 2. The normalized spacial score (nSPS) is 15.5. The van der Waals surface area contributed by atoms with Crippen LogP contribution in [0.3, 0.4) is 0 Å². The van der Waals surface area contributed by atoms with Gasteiger partial charge in [0.2, 0.25) is 0 Å². The van der Waals surface area contributed by atoms with E-state index >= 15 is 0 Å². The fourth-order valence-corrected chi connectivity index (χ4v) is 47.6. The van der Waals surface area contributed by atoms with E-state index < -0.39 is 17.3 Å². The predicted octanol–water partition coefficient (Wildman–Crippen LogP) is 1.53. The summed E-state index contributed by atoms with van der Waals surface area (Å²) in [6, 6.07) is 51.5. The molecule has 5 aromatic rings. The fraction of sp³-hybridized carbons (Fsp3) is 0.158. The van der Waals surface area contributed by atoms with Crippen molar-refractivity contribution in [2.24, 2.45) is 5.41 Å². The Balaban J connectivity index is 0.00000202. The molecule has 0 radical (unpaired) electrons. The molecule has 0 N–H and O–H groups in total. The van der Waals surface area contributed by atoms with Crippen LogP contribution in [0.5, 0.6) is 0 Å². The van der Waals surface area contributed by atoms with Crippen molar-refractivity contribution in [3.05, 3.63) is 159 Å². The third-order valence-corrected chi connectivity index (χ3v) is 43.3. The first kappa shape index (κ1) is 32.5. The minimum absolute atomic E-state index is 0. The first-order valence-electron chi connectivity index (χ1n) is 14.4. The van der Waals surface area contributed by atoms with Gasteiger partial charge in [-0.3, -0.25) is 0 Å². The van der Waals surface area contributed by atoms with Crippen molar-refractivity contribution in [3.63, 3.8) is 0 Å². The third-order valence-electron chi connectivity index (χ3n) is 10.9. The van der Waals surface area contributed by atoms with Crippen molar-refractivity contribution in [2.45, 2.75) is 34.6 Å². The zero-order chi connectivity index (χ0) is 28.1. The van der Waals surface area contributed by atoms with Gasteiger partial charge in [-0.05, 0) is 0 Å². The molecular formula is C38H39Cl2PZr. The molecule has 1 unspecified atom stereocenters. The fourth-order valence-electron chi connectivity index (χ4n) is 9.32. The maximum Gasteiger partial charge on any atom is -1.00 e. The van der Waals surface area contributed by atoms with Crippen LogP contribution >= 0.6 is 8.19 Å². The van der Waals surface area contributed by atoms with Gasteiger partial charge < -0.3 is 24.8 Å². The standard InChI is InChI=1S/C10H15.4C6H5.C4H4P.2ClH.Zr/c1-7-6-10(4,5)9(3)8(7)2;4*1-2-4-6-5-3-1;1-2-4-5-3-1;;;/h1-5H3;4*1-5H;1-3,5H;2*1H;/q;;;;;;;;+2/p-2. The van der Waals surface area contributed by atoms with Crippen molar-refractivity contribution in [2.75, 3.05) is 0 Å². The Hall–Kier alpha value is -2.40. The van der Waals surface area contributed by atoms with Gasteiger partial charge in [-0.2, -0.15) is 0 Å². The summed E-state index contributed by atoms with van der Waals surface area (Å²) in [6.07, 6.45) is 0. The van der Waals surface area contributed by atoms with Crippen LogP contribution in [-0.4, -0.2) is 0 Å². The van der Waals surface area contributed by atoms with Gasteiger partial charge >= 0.3 is 241 Å². The van der Waals surface area contributed by atoms with Gasteiger partial charge in [0, 0.05) is 0 Å². The van der Waals surface area contributed by atoms with Crippen LogP contribution in [-0.2, 0) is 17.3 Å². The molecule has 1 aliphatic carbocycles. The second-order valence-corrected chi connectivity index (χ2v) is 32.1. The molecule has 1 aromatic heterocycles. The molecule has 1 heterocycles. The van der Waals surface area contributed by atoms with Crippen LogP contribution in [0.1, 0.15) is 34.6 Å². The Morgan fingerprint density at radius 1 is 0.476 bits per heavy atom. The SMILES string of the molecule is CC1=C(C)C(C)(C)[C]([Zr+2]([c]2ccccc2)([c]2ccccc2)([c]2ccccc2)([c]2ccccc2)[c]2ccc[pH]2)=C1C.[Cl-].[Cl-]. The van der Waals surface area contributed by atoms with Crippen LogP contribution in [0, 0.1) is 5.41 Å². The van der Waals surface area contributed by atoms with Crippen LogP contribution in [0.2, 0.25) is 0 Å². The van der Waals surface area contributed by atoms with Crippen LogP contribution < -0.4 is 40.9 Å². The van der Waals surface area contributed by atoms with Gasteiger partial charge in [0.25, 0.3) is 0 Å². The number of rotatable bonds is 6. The summed E-state index contributed by atoms with van der Waals surface area (Å²) in [4.78, 5) is 0. The molecular weight excluding hydrogens is 650 g/mol. The second kappa shape index (κ2) is 11.3. The molecule has 0 fully saturated rings. The van der Waals surface area contributed by atoms with Crippen molar-refractivity contribution in [1.29, 1.82) is 0 Å². The molecule has 0 bridgehead atoms. The van der Waals surface area contributed by atoms with Gasteiger partial charge in [0.05, 0.1) is 0 Å². The van der Waals surface area contributed by atoms with E-state index in [0.29, 0.717) is 8.19 Å². The van der Waals surface area contributed by atoms with E-state index in [0.717, 1.165) is 0 Å². The number of benzene rings is 4. The van der Waals surface area contributed by atoms with Crippen molar-refractivity contribution in [1.82, 2.24) is 0 Å². The zero-order valence-electron chi connectivity index (χ0n) is 25.0. The Morgan fingerprint density at radius 3 is 1.10 bits per heavy atom. The van der Waals surface area contributed by atoms with Gasteiger partial charge in [0.15, 0.2) is 0 Å². The summed E-state index contributed by atoms with van der Waals surface area (Å²) in [5, 5.41) is 0. The third kappa shape index (κ3) is 3.46. The second-order valence-electron chi connectivity index (χ2n) is 12.3. The summed E-state index contributed by atoms with van der Waals surface area (Å²) in [6.45, 7) is 12.1. The van der Waals surface area contributed by atoms with E-state index in [1.807, 2.05) is 0 Å². The largest absolute Gasteiger partial charge is 1.00 e. The van der Waals surface area contributed by atoms with E-state index in [1.54, 1.807) is 6.28 Å². The number of hydrogen-bond donors (Lipinski definition) is 0. The predicted molar refractivity (Wildman–Crippen MR) is 175 cm³/mol. The first-order chi connectivity index (χ1) is 19.3. The summed E-state index contributed by atoms with van der Waals surface area (Å²) >= 11 is -5.92. The van der Waals surface area contributed by atoms with Gasteiger partial charge in [-0.25, -0.2) is 0 Å². The summed E-state index contributed by atoms with van der Waals surface area (Å²) in [5.74, 6) is 2.41. The minimum atomic E-state index is -5.92. The van der Waals surface area contributed by atoms with Gasteiger partial charge in [0.1, 0.15) is 0 Å². The van der Waals surface area contributed by atoms with E-state index in [2.05, 4.69) is 174 Å². The summed E-state index contributed by atoms with van der Waals surface area (Å²) in [5.41, 5.74) is 4.20. The molecule has 4 aromatic carbocycles. The number of hydrogen-bond acceptors (Lipinski definition) is 0. The van der Waals surface area contributed by atoms with E-state index in [9.17, 15) is 0 Å². The average Bonchev–Trinajstić information content (AvgIpc) is 3.62. The van der Waals surface area contributed by atoms with Gasteiger partial charge in [-0.15, -0.1) is 0 Å². The quantitative estimate of drug-likeness (QED) is 0.254.